The number of primary amides is 1. The number of hydrogen-bond acceptors (Lipinski definition) is 3. The fraction of sp³-hybridized carbons (Fsp3) is 0.429. The number of carbonyl (C=O) groups excluding carboxylic acids is 1. The molecule has 0 bridgehead atoms. The number of nitriles is 1. The Morgan fingerprint density at radius 2 is 2.22 bits per heavy atom. The second-order valence-corrected chi connectivity index (χ2v) is 5.09. The van der Waals surface area contributed by atoms with Gasteiger partial charge in [-0.1, -0.05) is 12.1 Å². The molecule has 0 aliphatic heterocycles. The lowest BCUT2D eigenvalue weighted by Crippen LogP contribution is -2.41. The molecule has 0 heterocycles. The number of rotatable bonds is 5. The molecule has 4 nitrogen and oxygen atoms in total. The van der Waals surface area contributed by atoms with Crippen LogP contribution < -0.4 is 11.1 Å². The number of nitrogens with one attached hydrogen (secondary N) is 1. The van der Waals surface area contributed by atoms with Gasteiger partial charge in [0, 0.05) is 12.6 Å². The van der Waals surface area contributed by atoms with Gasteiger partial charge in [-0.15, -0.1) is 0 Å². The molecule has 0 unspecified atom stereocenters. The van der Waals surface area contributed by atoms with Crippen molar-refractivity contribution in [2.75, 3.05) is 6.54 Å². The van der Waals surface area contributed by atoms with Gasteiger partial charge in [0.1, 0.15) is 0 Å². The van der Waals surface area contributed by atoms with Gasteiger partial charge in [0.25, 0.3) is 0 Å². The van der Waals surface area contributed by atoms with Gasteiger partial charge >= 0.3 is 0 Å². The molecule has 4 heteroatoms. The zero-order valence-corrected chi connectivity index (χ0v) is 11.0. The third kappa shape index (κ3) is 3.57. The first-order valence-electron chi connectivity index (χ1n) is 5.90. The molecule has 0 aliphatic rings. The largest absolute Gasteiger partial charge is 0.369 e. The molecule has 0 aromatic heterocycles. The van der Waals surface area contributed by atoms with Crippen molar-refractivity contribution in [3.05, 3.63) is 35.4 Å². The summed E-state index contributed by atoms with van der Waals surface area (Å²) in [5.41, 5.74) is 6.39. The van der Waals surface area contributed by atoms with Crippen LogP contribution in [0.1, 0.15) is 37.9 Å². The maximum Gasteiger partial charge on any atom is 0.224 e. The highest BCUT2D eigenvalue weighted by molar-refractivity contribution is 5.80. The van der Waals surface area contributed by atoms with E-state index in [1.165, 1.54) is 0 Å². The van der Waals surface area contributed by atoms with E-state index >= 15 is 0 Å². The third-order valence-electron chi connectivity index (χ3n) is 3.03. The summed E-state index contributed by atoms with van der Waals surface area (Å²) in [4.78, 5) is 11.2. The Labute approximate surface area is 108 Å². The minimum absolute atomic E-state index is 0.0666. The lowest BCUT2D eigenvalue weighted by atomic mass is 9.92. The van der Waals surface area contributed by atoms with Gasteiger partial charge < -0.3 is 11.1 Å². The minimum Gasteiger partial charge on any atom is -0.369 e. The van der Waals surface area contributed by atoms with Crippen LogP contribution in [-0.2, 0) is 4.79 Å². The van der Waals surface area contributed by atoms with E-state index in [0.717, 1.165) is 5.56 Å². The summed E-state index contributed by atoms with van der Waals surface area (Å²) in [7, 11) is 0. The van der Waals surface area contributed by atoms with E-state index in [0.29, 0.717) is 12.1 Å². The van der Waals surface area contributed by atoms with Crippen molar-refractivity contribution in [3.63, 3.8) is 0 Å². The standard InChI is InChI=1S/C14H19N3O/c1-10(17-9-14(2,3)13(16)18)12-6-4-5-11(7-12)8-15/h4-7,10,17H,9H2,1-3H3,(H2,16,18)/t10-/m0/s1. The molecule has 0 saturated heterocycles. The smallest absolute Gasteiger partial charge is 0.224 e. The van der Waals surface area contributed by atoms with E-state index in [1.807, 2.05) is 25.1 Å². The Balaban J connectivity index is 2.69. The van der Waals surface area contributed by atoms with Crippen LogP contribution in [0.15, 0.2) is 24.3 Å². The lowest BCUT2D eigenvalue weighted by molar-refractivity contribution is -0.125. The lowest BCUT2D eigenvalue weighted by Gasteiger charge is -2.24. The highest BCUT2D eigenvalue weighted by Crippen LogP contribution is 2.17. The molecule has 0 saturated carbocycles. The number of benzene rings is 1. The number of hydrogen-bond donors (Lipinski definition) is 2. The molecular formula is C14H19N3O. The monoisotopic (exact) mass is 245 g/mol. The van der Waals surface area contributed by atoms with Crippen LogP contribution >= 0.6 is 0 Å². The molecule has 1 atom stereocenters. The van der Waals surface area contributed by atoms with Gasteiger partial charge in [-0.2, -0.15) is 5.26 Å². The topological polar surface area (TPSA) is 78.9 Å². The quantitative estimate of drug-likeness (QED) is 0.829. The summed E-state index contributed by atoms with van der Waals surface area (Å²) >= 11 is 0. The van der Waals surface area contributed by atoms with Crippen molar-refractivity contribution >= 4 is 5.91 Å². The Hall–Kier alpha value is -1.86. The van der Waals surface area contributed by atoms with Crippen molar-refractivity contribution in [2.45, 2.75) is 26.8 Å². The highest BCUT2D eigenvalue weighted by atomic mass is 16.1. The minimum atomic E-state index is -0.582. The first-order valence-corrected chi connectivity index (χ1v) is 5.90. The maximum atomic E-state index is 11.2. The maximum absolute atomic E-state index is 11.2. The van der Waals surface area contributed by atoms with E-state index in [-0.39, 0.29) is 11.9 Å². The van der Waals surface area contributed by atoms with Crippen molar-refractivity contribution in [3.8, 4) is 6.07 Å². The van der Waals surface area contributed by atoms with Crippen LogP contribution in [0.5, 0.6) is 0 Å². The average Bonchev–Trinajstić information content (AvgIpc) is 2.36. The Kier molecular flexibility index (Phi) is 4.46. The van der Waals surface area contributed by atoms with Crippen LogP contribution in [-0.4, -0.2) is 12.5 Å². The number of nitrogens with two attached hydrogens (primary N) is 1. The zero-order valence-electron chi connectivity index (χ0n) is 11.0. The fourth-order valence-corrected chi connectivity index (χ4v) is 1.49. The molecule has 0 spiro atoms. The van der Waals surface area contributed by atoms with E-state index in [9.17, 15) is 4.79 Å². The molecule has 1 aromatic rings. The second-order valence-electron chi connectivity index (χ2n) is 5.09. The first kappa shape index (κ1) is 14.2. The van der Waals surface area contributed by atoms with Gasteiger partial charge in [0.05, 0.1) is 17.0 Å². The van der Waals surface area contributed by atoms with Crippen LogP contribution in [0.2, 0.25) is 0 Å². The molecule has 0 aliphatic carbocycles. The Morgan fingerprint density at radius 3 is 2.78 bits per heavy atom. The summed E-state index contributed by atoms with van der Waals surface area (Å²) in [5.74, 6) is -0.326. The zero-order chi connectivity index (χ0) is 13.8. The molecule has 0 fully saturated rings. The molecule has 18 heavy (non-hydrogen) atoms. The van der Waals surface area contributed by atoms with Crippen molar-refractivity contribution < 1.29 is 4.79 Å². The van der Waals surface area contributed by atoms with Crippen LogP contribution in [0.25, 0.3) is 0 Å². The highest BCUT2D eigenvalue weighted by Gasteiger charge is 2.25. The van der Waals surface area contributed by atoms with Gasteiger partial charge in [-0.3, -0.25) is 4.79 Å². The van der Waals surface area contributed by atoms with Crippen molar-refractivity contribution in [1.29, 1.82) is 5.26 Å². The molecule has 1 rings (SSSR count). The van der Waals surface area contributed by atoms with E-state index in [4.69, 9.17) is 11.0 Å². The van der Waals surface area contributed by atoms with Gasteiger partial charge in [-0.25, -0.2) is 0 Å². The second kappa shape index (κ2) is 5.65. The third-order valence-corrected chi connectivity index (χ3v) is 3.03. The Bertz CT molecular complexity index is 474. The Morgan fingerprint density at radius 1 is 1.56 bits per heavy atom. The van der Waals surface area contributed by atoms with Crippen LogP contribution in [0, 0.1) is 16.7 Å². The van der Waals surface area contributed by atoms with Crippen molar-refractivity contribution in [1.82, 2.24) is 5.32 Å². The van der Waals surface area contributed by atoms with E-state index < -0.39 is 5.41 Å². The van der Waals surface area contributed by atoms with Gasteiger partial charge in [-0.05, 0) is 38.5 Å². The number of carbonyl (C=O) groups is 1. The summed E-state index contributed by atoms with van der Waals surface area (Å²) < 4.78 is 0. The summed E-state index contributed by atoms with van der Waals surface area (Å²) in [5, 5.41) is 12.1. The summed E-state index contributed by atoms with van der Waals surface area (Å²) in [6, 6.07) is 9.59. The SMILES string of the molecule is C[C@H](NCC(C)(C)C(N)=O)c1cccc(C#N)c1. The number of nitrogens with zero attached hydrogens (tertiary/aromatic N) is 1. The predicted molar refractivity (Wildman–Crippen MR) is 70.6 cm³/mol. The predicted octanol–water partition coefficient (Wildman–Crippen LogP) is 1.72. The van der Waals surface area contributed by atoms with Crippen LogP contribution in [0.4, 0.5) is 0 Å². The molecule has 1 amide bonds. The van der Waals surface area contributed by atoms with E-state index in [1.54, 1.807) is 19.9 Å². The summed E-state index contributed by atoms with van der Waals surface area (Å²) in [6.45, 7) is 6.11. The number of amides is 1. The fourth-order valence-electron chi connectivity index (χ4n) is 1.49. The molecule has 96 valence electrons. The average molecular weight is 245 g/mol. The molecule has 1 aromatic carbocycles. The van der Waals surface area contributed by atoms with Crippen molar-refractivity contribution in [2.24, 2.45) is 11.1 Å². The summed E-state index contributed by atoms with van der Waals surface area (Å²) in [6.07, 6.45) is 0. The van der Waals surface area contributed by atoms with Gasteiger partial charge in [0.2, 0.25) is 5.91 Å². The molecular weight excluding hydrogens is 226 g/mol. The van der Waals surface area contributed by atoms with Gasteiger partial charge in [0.15, 0.2) is 0 Å². The molecule has 0 radical (unpaired) electrons. The normalized spacial score (nSPS) is 12.8. The van der Waals surface area contributed by atoms with E-state index in [2.05, 4.69) is 11.4 Å². The van der Waals surface area contributed by atoms with Crippen LogP contribution in [0.3, 0.4) is 0 Å². The first-order chi connectivity index (χ1) is 8.36. The molecule has 3 N–H and O–H groups in total.